The number of hydrogen-bond acceptors (Lipinski definition) is 4. The summed E-state index contributed by atoms with van der Waals surface area (Å²) in [7, 11) is 1.65. The van der Waals surface area contributed by atoms with Gasteiger partial charge in [-0.3, -0.25) is 9.20 Å². The largest absolute Gasteiger partial charge is 0.497 e. The summed E-state index contributed by atoms with van der Waals surface area (Å²) in [5.41, 5.74) is 4.53. The average Bonchev–Trinajstić information content (AvgIpc) is 3.36. The third-order valence-electron chi connectivity index (χ3n) is 5.09. The van der Waals surface area contributed by atoms with Crippen molar-refractivity contribution >= 4 is 44.0 Å². The lowest BCUT2D eigenvalue weighted by Crippen LogP contribution is -2.22. The molecule has 0 radical (unpaired) electrons. The number of nitrogens with one attached hydrogen (secondary N) is 1. The van der Waals surface area contributed by atoms with Crippen LogP contribution in [0.25, 0.3) is 26.4 Å². The van der Waals surface area contributed by atoms with E-state index in [1.165, 1.54) is 0 Å². The molecule has 2 aromatic heterocycles. The Labute approximate surface area is 187 Å². The van der Waals surface area contributed by atoms with Gasteiger partial charge in [0.05, 0.1) is 23.0 Å². The van der Waals surface area contributed by atoms with E-state index in [4.69, 9.17) is 21.3 Å². The lowest BCUT2D eigenvalue weighted by Gasteiger charge is -2.06. The first-order chi connectivity index (χ1) is 15.1. The number of amides is 1. The number of benzene rings is 3. The molecule has 1 amide bonds. The fourth-order valence-electron chi connectivity index (χ4n) is 3.45. The number of carbonyl (C=O) groups excluding carboxylic acids is 1. The molecule has 5 rings (SSSR count). The molecular formula is C24H18ClN3O2S. The maximum absolute atomic E-state index is 12.6. The minimum absolute atomic E-state index is 0.111. The van der Waals surface area contributed by atoms with Gasteiger partial charge in [-0.1, -0.05) is 47.2 Å². The number of rotatable bonds is 5. The van der Waals surface area contributed by atoms with Crippen LogP contribution >= 0.6 is 22.9 Å². The van der Waals surface area contributed by atoms with Crippen LogP contribution in [0.2, 0.25) is 5.02 Å². The van der Waals surface area contributed by atoms with E-state index < -0.39 is 0 Å². The number of methoxy groups -OCH3 is 1. The predicted octanol–water partition coefficient (Wildman–Crippen LogP) is 5.81. The quantitative estimate of drug-likeness (QED) is 0.370. The summed E-state index contributed by atoms with van der Waals surface area (Å²) in [6.07, 6.45) is 2.02. The molecule has 0 spiro atoms. The number of fused-ring (bicyclic) bond motifs is 3. The first-order valence-corrected chi connectivity index (χ1v) is 10.9. The zero-order chi connectivity index (χ0) is 21.4. The number of carbonyl (C=O) groups is 1. The topological polar surface area (TPSA) is 55.6 Å². The molecule has 0 bridgehead atoms. The highest BCUT2D eigenvalue weighted by Gasteiger charge is 2.13. The van der Waals surface area contributed by atoms with Gasteiger partial charge in [0.15, 0.2) is 4.96 Å². The van der Waals surface area contributed by atoms with E-state index in [1.54, 1.807) is 18.4 Å². The van der Waals surface area contributed by atoms with Crippen molar-refractivity contribution in [3.8, 4) is 17.0 Å². The van der Waals surface area contributed by atoms with Gasteiger partial charge in [-0.2, -0.15) is 0 Å². The van der Waals surface area contributed by atoms with Crippen molar-refractivity contribution in [2.24, 2.45) is 0 Å². The van der Waals surface area contributed by atoms with Crippen LogP contribution in [-0.4, -0.2) is 22.4 Å². The summed E-state index contributed by atoms with van der Waals surface area (Å²) >= 11 is 7.47. The molecule has 31 heavy (non-hydrogen) atoms. The second-order valence-corrected chi connectivity index (χ2v) is 8.55. The molecule has 0 saturated heterocycles. The number of aromatic nitrogens is 2. The monoisotopic (exact) mass is 447 g/mol. The summed E-state index contributed by atoms with van der Waals surface area (Å²) in [6.45, 7) is 0.450. The molecule has 0 aliphatic rings. The van der Waals surface area contributed by atoms with Gasteiger partial charge in [0.1, 0.15) is 5.75 Å². The van der Waals surface area contributed by atoms with Gasteiger partial charge < -0.3 is 10.1 Å². The second-order valence-electron chi connectivity index (χ2n) is 7.10. The molecule has 0 atom stereocenters. The minimum Gasteiger partial charge on any atom is -0.497 e. The molecule has 0 unspecified atom stereocenters. The molecule has 3 aromatic carbocycles. The summed E-state index contributed by atoms with van der Waals surface area (Å²) in [6, 6.07) is 21.0. The number of hydrogen-bond donors (Lipinski definition) is 1. The van der Waals surface area contributed by atoms with Crippen LogP contribution in [0, 0.1) is 0 Å². The van der Waals surface area contributed by atoms with E-state index in [-0.39, 0.29) is 5.91 Å². The van der Waals surface area contributed by atoms with Crippen molar-refractivity contribution in [3.05, 3.63) is 89.1 Å². The molecule has 2 heterocycles. The van der Waals surface area contributed by atoms with Crippen LogP contribution in [0.3, 0.4) is 0 Å². The first-order valence-electron chi connectivity index (χ1n) is 9.69. The fraction of sp³-hybridized carbons (Fsp3) is 0.0833. The molecule has 0 fully saturated rings. The third kappa shape index (κ3) is 3.87. The summed E-state index contributed by atoms with van der Waals surface area (Å²) in [5, 5.41) is 3.64. The van der Waals surface area contributed by atoms with Crippen LogP contribution in [0.4, 0.5) is 0 Å². The Morgan fingerprint density at radius 3 is 2.77 bits per heavy atom. The number of ether oxygens (including phenoxy) is 1. The second kappa shape index (κ2) is 8.06. The lowest BCUT2D eigenvalue weighted by molar-refractivity contribution is 0.0951. The van der Waals surface area contributed by atoms with E-state index in [2.05, 4.69) is 9.72 Å². The van der Waals surface area contributed by atoms with Crippen molar-refractivity contribution < 1.29 is 9.53 Å². The van der Waals surface area contributed by atoms with Gasteiger partial charge in [-0.15, -0.1) is 0 Å². The zero-order valence-electron chi connectivity index (χ0n) is 16.6. The van der Waals surface area contributed by atoms with E-state index in [0.29, 0.717) is 17.1 Å². The molecule has 0 aliphatic carbocycles. The summed E-state index contributed by atoms with van der Waals surface area (Å²) in [4.78, 5) is 18.3. The fourth-order valence-corrected chi connectivity index (χ4v) is 4.62. The van der Waals surface area contributed by atoms with Crippen molar-refractivity contribution in [2.75, 3.05) is 7.11 Å². The Kier molecular flexibility index (Phi) is 5.10. The Morgan fingerprint density at radius 1 is 1.13 bits per heavy atom. The number of imidazole rings is 1. The summed E-state index contributed by atoms with van der Waals surface area (Å²) < 4.78 is 8.39. The third-order valence-corrected chi connectivity index (χ3v) is 6.36. The van der Waals surface area contributed by atoms with Gasteiger partial charge in [-0.05, 0) is 48.0 Å². The molecule has 1 N–H and O–H groups in total. The molecule has 5 nitrogen and oxygen atoms in total. The van der Waals surface area contributed by atoms with E-state index in [0.717, 1.165) is 37.7 Å². The Bertz CT molecular complexity index is 1410. The molecule has 7 heteroatoms. The van der Waals surface area contributed by atoms with Crippen LogP contribution in [0.1, 0.15) is 15.9 Å². The van der Waals surface area contributed by atoms with E-state index in [9.17, 15) is 4.79 Å². The number of nitrogens with zero attached hydrogens (tertiary/aromatic N) is 2. The Hall–Kier alpha value is -3.35. The predicted molar refractivity (Wildman–Crippen MR) is 125 cm³/mol. The van der Waals surface area contributed by atoms with Gasteiger partial charge in [0.25, 0.3) is 5.91 Å². The smallest absolute Gasteiger partial charge is 0.251 e. The van der Waals surface area contributed by atoms with E-state index >= 15 is 0 Å². The SMILES string of the molecule is COc1cccc(-c2cn3c(n2)sc2cc(C(=O)NCc4ccc(Cl)cc4)ccc23)c1. The first kappa shape index (κ1) is 19.6. The highest BCUT2D eigenvalue weighted by Crippen LogP contribution is 2.31. The maximum Gasteiger partial charge on any atom is 0.251 e. The molecule has 154 valence electrons. The highest BCUT2D eigenvalue weighted by molar-refractivity contribution is 7.23. The zero-order valence-corrected chi connectivity index (χ0v) is 18.2. The van der Waals surface area contributed by atoms with Crippen LogP contribution in [0.15, 0.2) is 72.9 Å². The highest BCUT2D eigenvalue weighted by atomic mass is 35.5. The molecular weight excluding hydrogens is 430 g/mol. The van der Waals surface area contributed by atoms with Crippen LogP contribution < -0.4 is 10.1 Å². The van der Waals surface area contributed by atoms with Crippen molar-refractivity contribution in [3.63, 3.8) is 0 Å². The van der Waals surface area contributed by atoms with Crippen molar-refractivity contribution in [1.29, 1.82) is 0 Å². The Morgan fingerprint density at radius 2 is 1.97 bits per heavy atom. The minimum atomic E-state index is -0.111. The van der Waals surface area contributed by atoms with Crippen LogP contribution in [0.5, 0.6) is 5.75 Å². The van der Waals surface area contributed by atoms with Crippen LogP contribution in [-0.2, 0) is 6.54 Å². The van der Waals surface area contributed by atoms with Gasteiger partial charge in [0.2, 0.25) is 0 Å². The summed E-state index contributed by atoms with van der Waals surface area (Å²) in [5.74, 6) is 0.688. The van der Waals surface area contributed by atoms with Crippen molar-refractivity contribution in [2.45, 2.75) is 6.54 Å². The normalized spacial score (nSPS) is 11.2. The number of thiazole rings is 1. The molecule has 0 aliphatic heterocycles. The van der Waals surface area contributed by atoms with Gasteiger partial charge in [-0.25, -0.2) is 4.98 Å². The average molecular weight is 448 g/mol. The van der Waals surface area contributed by atoms with Crippen molar-refractivity contribution in [1.82, 2.24) is 14.7 Å². The maximum atomic E-state index is 12.6. The molecule has 5 aromatic rings. The number of halogens is 1. The lowest BCUT2D eigenvalue weighted by atomic mass is 10.1. The van der Waals surface area contributed by atoms with Gasteiger partial charge in [0, 0.05) is 28.9 Å². The van der Waals surface area contributed by atoms with Gasteiger partial charge >= 0.3 is 0 Å². The van der Waals surface area contributed by atoms with E-state index in [1.807, 2.05) is 72.9 Å². The standard InChI is InChI=1S/C24H18ClN3O2S/c1-30-19-4-2-3-16(11-19)20-14-28-21-10-7-17(12-22(21)31-24(28)27-20)23(29)26-13-15-5-8-18(25)9-6-15/h2-12,14H,13H2,1H3,(H,26,29). The Balaban J connectivity index is 1.39. The molecule has 0 saturated carbocycles.